The van der Waals surface area contributed by atoms with E-state index in [0.717, 1.165) is 10.8 Å². The van der Waals surface area contributed by atoms with Crippen molar-refractivity contribution < 1.29 is 19.5 Å². The van der Waals surface area contributed by atoms with Gasteiger partial charge in [0, 0.05) is 0 Å². The maximum absolute atomic E-state index is 12.6. The largest absolute Gasteiger partial charge is 0.480 e. The molecule has 0 aliphatic rings. The summed E-state index contributed by atoms with van der Waals surface area (Å²) in [5.74, 6) is -2.49. The number of carbonyl (C=O) groups is 3. The molecule has 3 aromatic carbocycles. The van der Waals surface area contributed by atoms with Crippen molar-refractivity contribution >= 4 is 46.2 Å². The molecule has 0 spiro atoms. The fraction of sp³-hybridized carbons (Fsp3) is 0.0455. The highest BCUT2D eigenvalue weighted by molar-refractivity contribution is 6.34. The molecule has 0 unspecified atom stereocenters. The highest BCUT2D eigenvalue weighted by atomic mass is 35.5. The summed E-state index contributed by atoms with van der Waals surface area (Å²) in [5, 5.41) is 15.7. The van der Waals surface area contributed by atoms with E-state index >= 15 is 0 Å². The number of aliphatic carboxylic acids is 1. The molecule has 6 nitrogen and oxygen atoms in total. The average molecular weight is 409 g/mol. The van der Waals surface area contributed by atoms with Crippen LogP contribution in [0.2, 0.25) is 5.02 Å². The van der Waals surface area contributed by atoms with Crippen molar-refractivity contribution in [2.24, 2.45) is 0 Å². The lowest BCUT2D eigenvalue weighted by Crippen LogP contribution is -2.37. The zero-order chi connectivity index (χ0) is 20.8. The number of rotatable bonds is 6. The van der Waals surface area contributed by atoms with Crippen LogP contribution in [0.3, 0.4) is 0 Å². The first-order valence-corrected chi connectivity index (χ1v) is 9.09. The monoisotopic (exact) mass is 408 g/mol. The Morgan fingerprint density at radius 2 is 1.62 bits per heavy atom. The molecule has 0 saturated heterocycles. The van der Waals surface area contributed by atoms with E-state index in [9.17, 15) is 14.4 Å². The molecule has 0 atom stereocenters. The third-order valence-electron chi connectivity index (χ3n) is 4.13. The van der Waals surface area contributed by atoms with Crippen LogP contribution in [0.4, 0.5) is 0 Å². The fourth-order valence-electron chi connectivity index (χ4n) is 2.78. The predicted molar refractivity (Wildman–Crippen MR) is 111 cm³/mol. The van der Waals surface area contributed by atoms with Gasteiger partial charge in [-0.1, -0.05) is 66.2 Å². The van der Waals surface area contributed by atoms with Crippen molar-refractivity contribution in [2.75, 3.05) is 6.54 Å². The molecule has 3 N–H and O–H groups in total. The summed E-state index contributed by atoms with van der Waals surface area (Å²) in [5.41, 5.74) is 0.805. The standard InChI is InChI=1S/C22H17ClN2O4/c23-18-11-4-3-10-17(18)21(28)25-19(22(29)24-13-20(26)27)12-15-8-5-7-14-6-1-2-9-16(14)15/h1-12H,13H2,(H,24,29)(H,25,28)(H,26,27)/b19-12-. The topological polar surface area (TPSA) is 95.5 Å². The van der Waals surface area contributed by atoms with Crippen LogP contribution >= 0.6 is 11.6 Å². The van der Waals surface area contributed by atoms with Gasteiger partial charge >= 0.3 is 5.97 Å². The van der Waals surface area contributed by atoms with E-state index in [2.05, 4.69) is 10.6 Å². The average Bonchev–Trinajstić information content (AvgIpc) is 2.72. The minimum Gasteiger partial charge on any atom is -0.480 e. The van der Waals surface area contributed by atoms with E-state index in [1.165, 1.54) is 12.1 Å². The molecule has 0 fully saturated rings. The minimum atomic E-state index is -1.19. The molecule has 0 aliphatic carbocycles. The smallest absolute Gasteiger partial charge is 0.322 e. The maximum Gasteiger partial charge on any atom is 0.322 e. The van der Waals surface area contributed by atoms with Crippen molar-refractivity contribution in [2.45, 2.75) is 0 Å². The number of amides is 2. The number of benzene rings is 3. The normalized spacial score (nSPS) is 11.1. The number of fused-ring (bicyclic) bond motifs is 1. The molecule has 3 rings (SSSR count). The van der Waals surface area contributed by atoms with Gasteiger partial charge in [-0.3, -0.25) is 14.4 Å². The molecule has 0 aliphatic heterocycles. The highest BCUT2D eigenvalue weighted by Gasteiger charge is 2.17. The Hall–Kier alpha value is -3.64. The van der Waals surface area contributed by atoms with Gasteiger partial charge in [-0.15, -0.1) is 0 Å². The first kappa shape index (κ1) is 20.1. The quantitative estimate of drug-likeness (QED) is 0.544. The zero-order valence-corrected chi connectivity index (χ0v) is 15.9. The second kappa shape index (κ2) is 9.03. The van der Waals surface area contributed by atoms with Crippen LogP contribution in [0.25, 0.3) is 16.8 Å². The van der Waals surface area contributed by atoms with Crippen molar-refractivity contribution in [3.05, 3.63) is 88.6 Å². The number of nitrogens with one attached hydrogen (secondary N) is 2. The Balaban J connectivity index is 1.99. The third-order valence-corrected chi connectivity index (χ3v) is 4.46. The molecular formula is C22H17ClN2O4. The molecule has 0 aromatic heterocycles. The maximum atomic E-state index is 12.6. The molecule has 2 amide bonds. The first-order chi connectivity index (χ1) is 14.0. The molecule has 146 valence electrons. The zero-order valence-electron chi connectivity index (χ0n) is 15.2. The summed E-state index contributed by atoms with van der Waals surface area (Å²) in [4.78, 5) is 36.0. The number of hydrogen-bond acceptors (Lipinski definition) is 3. The summed E-state index contributed by atoms with van der Waals surface area (Å²) >= 11 is 6.06. The van der Waals surface area contributed by atoms with Crippen LogP contribution in [0.1, 0.15) is 15.9 Å². The molecule has 7 heteroatoms. The van der Waals surface area contributed by atoms with Gasteiger partial charge in [0.1, 0.15) is 12.2 Å². The van der Waals surface area contributed by atoms with Crippen LogP contribution in [0, 0.1) is 0 Å². The van der Waals surface area contributed by atoms with Gasteiger partial charge in [-0.05, 0) is 34.5 Å². The molecule has 0 saturated carbocycles. The summed E-state index contributed by atoms with van der Waals surface area (Å²) in [7, 11) is 0. The lowest BCUT2D eigenvalue weighted by molar-refractivity contribution is -0.137. The molecule has 0 bridgehead atoms. The van der Waals surface area contributed by atoms with E-state index < -0.39 is 24.3 Å². The van der Waals surface area contributed by atoms with Gasteiger partial charge in [0.2, 0.25) is 0 Å². The second-order valence-corrected chi connectivity index (χ2v) is 6.54. The Kier molecular flexibility index (Phi) is 6.26. The fourth-order valence-corrected chi connectivity index (χ4v) is 3.00. The Morgan fingerprint density at radius 3 is 2.38 bits per heavy atom. The number of halogens is 1. The lowest BCUT2D eigenvalue weighted by atomic mass is 10.0. The number of carboxylic acids is 1. The molecule has 0 heterocycles. The molecular weight excluding hydrogens is 392 g/mol. The van der Waals surface area contributed by atoms with E-state index in [0.29, 0.717) is 5.56 Å². The van der Waals surface area contributed by atoms with Gasteiger partial charge in [-0.25, -0.2) is 0 Å². The van der Waals surface area contributed by atoms with Gasteiger partial charge < -0.3 is 15.7 Å². The van der Waals surface area contributed by atoms with Crippen LogP contribution in [-0.2, 0) is 9.59 Å². The van der Waals surface area contributed by atoms with Crippen LogP contribution in [-0.4, -0.2) is 29.4 Å². The predicted octanol–water partition coefficient (Wildman–Crippen LogP) is 3.46. The minimum absolute atomic E-state index is 0.0903. The number of hydrogen-bond donors (Lipinski definition) is 3. The number of carbonyl (C=O) groups excluding carboxylic acids is 2. The van der Waals surface area contributed by atoms with E-state index in [4.69, 9.17) is 16.7 Å². The summed E-state index contributed by atoms with van der Waals surface area (Å²) in [6, 6.07) is 19.6. The SMILES string of the molecule is O=C(O)CNC(=O)/C(=C/c1cccc2ccccc12)NC(=O)c1ccccc1Cl. The van der Waals surface area contributed by atoms with Gasteiger partial charge in [0.25, 0.3) is 11.8 Å². The van der Waals surface area contributed by atoms with E-state index in [1.807, 2.05) is 36.4 Å². The first-order valence-electron chi connectivity index (χ1n) is 8.71. The summed E-state index contributed by atoms with van der Waals surface area (Å²) in [6.45, 7) is -0.576. The summed E-state index contributed by atoms with van der Waals surface area (Å²) in [6.07, 6.45) is 1.51. The van der Waals surface area contributed by atoms with Crippen molar-refractivity contribution in [3.8, 4) is 0 Å². The van der Waals surface area contributed by atoms with Gasteiger partial charge in [-0.2, -0.15) is 0 Å². The summed E-state index contributed by atoms with van der Waals surface area (Å²) < 4.78 is 0. The third kappa shape index (κ3) is 5.00. The van der Waals surface area contributed by atoms with Crippen LogP contribution < -0.4 is 10.6 Å². The van der Waals surface area contributed by atoms with Gasteiger partial charge in [0.05, 0.1) is 10.6 Å². The van der Waals surface area contributed by atoms with E-state index in [1.54, 1.807) is 24.3 Å². The van der Waals surface area contributed by atoms with Crippen molar-refractivity contribution in [1.82, 2.24) is 10.6 Å². The van der Waals surface area contributed by atoms with Crippen LogP contribution in [0.15, 0.2) is 72.4 Å². The van der Waals surface area contributed by atoms with E-state index in [-0.39, 0.29) is 16.3 Å². The molecule has 3 aromatic rings. The van der Waals surface area contributed by atoms with Gasteiger partial charge in [0.15, 0.2) is 0 Å². The Labute approximate surface area is 171 Å². The molecule has 29 heavy (non-hydrogen) atoms. The Morgan fingerprint density at radius 1 is 0.931 bits per heavy atom. The second-order valence-electron chi connectivity index (χ2n) is 6.14. The van der Waals surface area contributed by atoms with Crippen molar-refractivity contribution in [1.29, 1.82) is 0 Å². The number of carboxylic acid groups (broad SMARTS) is 1. The Bertz CT molecular complexity index is 1120. The molecule has 0 radical (unpaired) electrons. The van der Waals surface area contributed by atoms with Crippen LogP contribution in [0.5, 0.6) is 0 Å². The van der Waals surface area contributed by atoms with Crippen molar-refractivity contribution in [3.63, 3.8) is 0 Å². The lowest BCUT2D eigenvalue weighted by Gasteiger charge is -2.12. The highest BCUT2D eigenvalue weighted by Crippen LogP contribution is 2.21.